The minimum Gasteiger partial charge on any atom is -0.457 e. The van der Waals surface area contributed by atoms with Crippen LogP contribution < -0.4 is 20.9 Å². The molecule has 1 aromatic heterocycles. The van der Waals surface area contributed by atoms with Crippen LogP contribution in [0.4, 0.5) is 11.4 Å². The minimum absolute atomic E-state index is 0.724. The maximum absolute atomic E-state index is 6.13. The van der Waals surface area contributed by atoms with Crippen LogP contribution in [0.15, 0.2) is 109 Å². The lowest BCUT2D eigenvalue weighted by Gasteiger charge is -2.12. The zero-order valence-electron chi connectivity index (χ0n) is 21.9. The van der Waals surface area contributed by atoms with Crippen molar-refractivity contribution in [3.63, 3.8) is 0 Å². The van der Waals surface area contributed by atoms with Crippen LogP contribution in [0.3, 0.4) is 0 Å². The Morgan fingerprint density at radius 3 is 1.62 bits per heavy atom. The van der Waals surface area contributed by atoms with Gasteiger partial charge in [0.15, 0.2) is 0 Å². The lowest BCUT2D eigenvalue weighted by molar-refractivity contribution is 0.479. The molecule has 0 atom stereocenters. The van der Waals surface area contributed by atoms with E-state index in [0.717, 1.165) is 78.8 Å². The highest BCUT2D eigenvalue weighted by atomic mass is 16.5. The molecule has 0 radical (unpaired) electrons. The molecule has 6 aromatic rings. The van der Waals surface area contributed by atoms with Gasteiger partial charge in [-0.1, -0.05) is 30.3 Å². The summed E-state index contributed by atoms with van der Waals surface area (Å²) in [5.41, 5.74) is 20.7. The number of fused-ring (bicyclic) bond motifs is 1. The molecule has 5 nitrogen and oxygen atoms in total. The van der Waals surface area contributed by atoms with E-state index in [-0.39, 0.29) is 0 Å². The highest BCUT2D eigenvalue weighted by molar-refractivity contribution is 6.03. The van der Waals surface area contributed by atoms with Crippen molar-refractivity contribution in [1.82, 2.24) is 4.98 Å². The van der Waals surface area contributed by atoms with Gasteiger partial charge < -0.3 is 25.9 Å². The molecule has 192 valence electrons. The second-order valence-corrected chi connectivity index (χ2v) is 9.72. The van der Waals surface area contributed by atoms with Gasteiger partial charge >= 0.3 is 0 Å². The first-order valence-corrected chi connectivity index (χ1v) is 12.8. The van der Waals surface area contributed by atoms with Gasteiger partial charge in [0.2, 0.25) is 0 Å². The monoisotopic (exact) mass is 511 g/mol. The third kappa shape index (κ3) is 4.90. The van der Waals surface area contributed by atoms with Gasteiger partial charge in [0, 0.05) is 27.8 Å². The summed E-state index contributed by atoms with van der Waals surface area (Å²) in [6, 6.07) is 36.0. The van der Waals surface area contributed by atoms with Crippen molar-refractivity contribution in [3.8, 4) is 45.4 Å². The molecule has 0 spiro atoms. The highest BCUT2D eigenvalue weighted by Gasteiger charge is 2.16. The zero-order valence-corrected chi connectivity index (χ0v) is 21.9. The van der Waals surface area contributed by atoms with Gasteiger partial charge in [-0.15, -0.1) is 0 Å². The molecule has 5 aromatic carbocycles. The number of nitrogen functional groups attached to an aromatic ring is 2. The van der Waals surface area contributed by atoms with Gasteiger partial charge in [-0.25, -0.2) is 0 Å². The van der Waals surface area contributed by atoms with Crippen LogP contribution in [0.1, 0.15) is 11.1 Å². The first-order valence-electron chi connectivity index (χ1n) is 12.8. The van der Waals surface area contributed by atoms with E-state index in [1.165, 1.54) is 0 Å². The molecule has 0 fully saturated rings. The summed E-state index contributed by atoms with van der Waals surface area (Å²) in [6.07, 6.45) is 0. The maximum atomic E-state index is 6.13. The molecule has 0 aliphatic carbocycles. The van der Waals surface area contributed by atoms with E-state index in [1.807, 2.05) is 80.6 Å². The number of aromatic amines is 1. The molecule has 5 N–H and O–H groups in total. The second kappa shape index (κ2) is 9.95. The number of aryl methyl sites for hydroxylation is 2. The van der Waals surface area contributed by atoms with E-state index in [1.54, 1.807) is 0 Å². The molecule has 0 amide bonds. The Bertz CT molecular complexity index is 1790. The molecule has 0 unspecified atom stereocenters. The van der Waals surface area contributed by atoms with Crippen LogP contribution >= 0.6 is 0 Å². The fourth-order valence-electron chi connectivity index (χ4n) is 4.87. The largest absolute Gasteiger partial charge is 0.457 e. The minimum atomic E-state index is 0.724. The van der Waals surface area contributed by atoms with E-state index in [4.69, 9.17) is 20.9 Å². The van der Waals surface area contributed by atoms with E-state index >= 15 is 0 Å². The first kappa shape index (κ1) is 24.2. The fraction of sp³-hybridized carbons (Fsp3) is 0.0588. The Morgan fingerprint density at radius 1 is 0.564 bits per heavy atom. The highest BCUT2D eigenvalue weighted by Crippen LogP contribution is 2.40. The Kier molecular flexibility index (Phi) is 6.17. The smallest absolute Gasteiger partial charge is 0.130 e. The van der Waals surface area contributed by atoms with Crippen LogP contribution in [0, 0.1) is 13.8 Å². The lowest BCUT2D eigenvalue weighted by atomic mass is 9.98. The van der Waals surface area contributed by atoms with Crippen molar-refractivity contribution in [2.45, 2.75) is 13.8 Å². The fourth-order valence-corrected chi connectivity index (χ4v) is 4.87. The number of ether oxygens (including phenoxy) is 2. The molecule has 0 saturated heterocycles. The summed E-state index contributed by atoms with van der Waals surface area (Å²) in [4.78, 5) is 3.63. The van der Waals surface area contributed by atoms with Crippen LogP contribution in [-0.2, 0) is 0 Å². The lowest BCUT2D eigenvalue weighted by Crippen LogP contribution is -1.91. The number of benzene rings is 5. The molecule has 0 bridgehead atoms. The summed E-state index contributed by atoms with van der Waals surface area (Å²) >= 11 is 0. The number of nitrogens with one attached hydrogen (secondary N) is 1. The predicted molar refractivity (Wildman–Crippen MR) is 161 cm³/mol. The van der Waals surface area contributed by atoms with Crippen LogP contribution in [0.5, 0.6) is 23.0 Å². The van der Waals surface area contributed by atoms with Crippen molar-refractivity contribution in [1.29, 1.82) is 0 Å². The Labute approximate surface area is 227 Å². The SMILES string of the molecule is Cc1cc(N)ccc1Oc1ccc(-c2[nH]c3ccccc3c2-c2ccc(Oc3ccc(N)cc3C)cc2)cc1. The average molecular weight is 512 g/mol. The molecule has 1 heterocycles. The standard InChI is InChI=1S/C34H29N3O2/c1-21-19-25(35)11-17-31(21)38-27-13-7-23(8-14-27)33-29-5-3-4-6-30(29)37-34(33)24-9-15-28(16-10-24)39-32-18-12-26(36)20-22(32)2/h3-20,37H,35-36H2,1-2H3. The van der Waals surface area contributed by atoms with Gasteiger partial charge in [-0.05, 0) is 115 Å². The van der Waals surface area contributed by atoms with Gasteiger partial charge in [0.05, 0.1) is 5.69 Å². The molecule has 0 aliphatic heterocycles. The summed E-state index contributed by atoms with van der Waals surface area (Å²) < 4.78 is 12.3. The number of hydrogen-bond acceptors (Lipinski definition) is 4. The van der Waals surface area contributed by atoms with Crippen molar-refractivity contribution in [3.05, 3.63) is 120 Å². The Morgan fingerprint density at radius 2 is 1.08 bits per heavy atom. The van der Waals surface area contributed by atoms with Gasteiger partial charge in [-0.3, -0.25) is 0 Å². The topological polar surface area (TPSA) is 86.3 Å². The van der Waals surface area contributed by atoms with Gasteiger partial charge in [-0.2, -0.15) is 0 Å². The van der Waals surface area contributed by atoms with Crippen molar-refractivity contribution >= 4 is 22.3 Å². The molecule has 39 heavy (non-hydrogen) atoms. The molecule has 5 heteroatoms. The number of H-pyrrole nitrogens is 1. The number of hydrogen-bond donors (Lipinski definition) is 3. The Balaban J connectivity index is 1.32. The molecular weight excluding hydrogens is 482 g/mol. The van der Waals surface area contributed by atoms with Crippen LogP contribution in [0.2, 0.25) is 0 Å². The quantitative estimate of drug-likeness (QED) is 0.195. The zero-order chi connectivity index (χ0) is 26.9. The average Bonchev–Trinajstić information content (AvgIpc) is 3.32. The summed E-state index contributed by atoms with van der Waals surface area (Å²) in [7, 11) is 0. The van der Waals surface area contributed by atoms with Crippen LogP contribution in [-0.4, -0.2) is 4.98 Å². The number of anilines is 2. The second-order valence-electron chi connectivity index (χ2n) is 9.72. The number of para-hydroxylation sites is 1. The maximum Gasteiger partial charge on any atom is 0.130 e. The van der Waals surface area contributed by atoms with E-state index in [2.05, 4.69) is 47.4 Å². The predicted octanol–water partition coefficient (Wildman–Crippen LogP) is 8.87. The van der Waals surface area contributed by atoms with Crippen molar-refractivity contribution in [2.24, 2.45) is 0 Å². The molecule has 0 aliphatic rings. The van der Waals surface area contributed by atoms with E-state index < -0.39 is 0 Å². The Hall–Kier alpha value is -5.16. The summed E-state index contributed by atoms with van der Waals surface area (Å²) in [5, 5.41) is 1.16. The third-order valence-electron chi connectivity index (χ3n) is 6.85. The van der Waals surface area contributed by atoms with Gasteiger partial charge in [0.25, 0.3) is 0 Å². The molecule has 0 saturated carbocycles. The van der Waals surface area contributed by atoms with Crippen molar-refractivity contribution in [2.75, 3.05) is 11.5 Å². The summed E-state index contributed by atoms with van der Waals surface area (Å²) in [5.74, 6) is 3.12. The molecule has 6 rings (SSSR count). The number of nitrogens with two attached hydrogens (primary N) is 2. The number of aromatic nitrogens is 1. The van der Waals surface area contributed by atoms with E-state index in [9.17, 15) is 0 Å². The first-order chi connectivity index (χ1) is 18.9. The summed E-state index contributed by atoms with van der Waals surface area (Å²) in [6.45, 7) is 3.98. The third-order valence-corrected chi connectivity index (χ3v) is 6.85. The van der Waals surface area contributed by atoms with Gasteiger partial charge in [0.1, 0.15) is 23.0 Å². The normalized spacial score (nSPS) is 11.0. The van der Waals surface area contributed by atoms with Crippen molar-refractivity contribution < 1.29 is 9.47 Å². The van der Waals surface area contributed by atoms with E-state index in [0.29, 0.717) is 0 Å². The number of rotatable bonds is 6. The van der Waals surface area contributed by atoms with Crippen LogP contribution in [0.25, 0.3) is 33.3 Å². The molecular formula is C34H29N3O2.